The van der Waals surface area contributed by atoms with Crippen LogP contribution in [0.1, 0.15) is 16.9 Å². The fraction of sp³-hybridized carbons (Fsp3) is 0.222. The van der Waals surface area contributed by atoms with E-state index in [9.17, 15) is 14.9 Å². The number of hydrogen-bond acceptors (Lipinski definition) is 6. The van der Waals surface area contributed by atoms with E-state index in [0.29, 0.717) is 22.0 Å². The summed E-state index contributed by atoms with van der Waals surface area (Å²) in [5.74, 6) is 0. The van der Waals surface area contributed by atoms with E-state index in [1.165, 1.54) is 10.9 Å². The van der Waals surface area contributed by atoms with Gasteiger partial charge < -0.3 is 0 Å². The first-order valence-electron chi connectivity index (χ1n) is 8.17. The van der Waals surface area contributed by atoms with Crippen LogP contribution in [0.3, 0.4) is 0 Å². The van der Waals surface area contributed by atoms with Gasteiger partial charge in [-0.15, -0.1) is 17.9 Å². The smallest absolute Gasteiger partial charge is 0.283 e. The van der Waals surface area contributed by atoms with Crippen molar-refractivity contribution in [1.82, 2.24) is 9.55 Å². The summed E-state index contributed by atoms with van der Waals surface area (Å²) < 4.78 is 1.56. The van der Waals surface area contributed by atoms with Crippen molar-refractivity contribution < 1.29 is 4.92 Å². The molecule has 1 aliphatic rings. The van der Waals surface area contributed by atoms with E-state index in [-0.39, 0.29) is 11.2 Å². The van der Waals surface area contributed by atoms with E-state index >= 15 is 0 Å². The molecule has 0 amide bonds. The first kappa shape index (κ1) is 17.0. The lowest BCUT2D eigenvalue weighted by molar-refractivity contribution is -0.387. The molecule has 0 N–H and O–H groups in total. The summed E-state index contributed by atoms with van der Waals surface area (Å²) in [6, 6.07) is 6.49. The van der Waals surface area contributed by atoms with Crippen molar-refractivity contribution in [2.45, 2.75) is 35.9 Å². The molecule has 0 bridgehead atoms. The number of aryl methyl sites for hydroxylation is 2. The van der Waals surface area contributed by atoms with Crippen LogP contribution in [0.4, 0.5) is 5.69 Å². The van der Waals surface area contributed by atoms with Crippen molar-refractivity contribution in [3.8, 4) is 0 Å². The predicted octanol–water partition coefficient (Wildman–Crippen LogP) is 4.19. The Kier molecular flexibility index (Phi) is 4.37. The Morgan fingerprint density at radius 3 is 2.96 bits per heavy atom. The van der Waals surface area contributed by atoms with Crippen LogP contribution >= 0.6 is 23.1 Å². The average Bonchev–Trinajstić information content (AvgIpc) is 3.19. The number of thiophene rings is 1. The number of aromatic nitrogens is 2. The van der Waals surface area contributed by atoms with Gasteiger partial charge >= 0.3 is 0 Å². The summed E-state index contributed by atoms with van der Waals surface area (Å²) in [5, 5.41) is 12.4. The molecule has 26 heavy (non-hydrogen) atoms. The van der Waals surface area contributed by atoms with Gasteiger partial charge in [0.1, 0.15) is 4.83 Å². The molecular formula is C18H15N3O3S2. The first-order valence-corrected chi connectivity index (χ1v) is 9.80. The van der Waals surface area contributed by atoms with Crippen molar-refractivity contribution in [2.24, 2.45) is 0 Å². The Morgan fingerprint density at radius 1 is 1.38 bits per heavy atom. The second-order valence-electron chi connectivity index (χ2n) is 5.96. The lowest BCUT2D eigenvalue weighted by Crippen LogP contribution is -2.22. The Bertz CT molecular complexity index is 1100. The van der Waals surface area contributed by atoms with Gasteiger partial charge in [-0.25, -0.2) is 4.98 Å². The first-order chi connectivity index (χ1) is 12.6. The average molecular weight is 385 g/mol. The molecule has 132 valence electrons. The molecule has 0 unspecified atom stereocenters. The van der Waals surface area contributed by atoms with E-state index in [4.69, 9.17) is 0 Å². The molecular weight excluding hydrogens is 370 g/mol. The summed E-state index contributed by atoms with van der Waals surface area (Å²) in [5.41, 5.74) is 1.05. The second-order valence-corrected chi connectivity index (χ2v) is 8.06. The Balaban J connectivity index is 1.90. The van der Waals surface area contributed by atoms with Crippen LogP contribution in [0.2, 0.25) is 0 Å². The van der Waals surface area contributed by atoms with Gasteiger partial charge in [-0.05, 0) is 42.7 Å². The van der Waals surface area contributed by atoms with Crippen LogP contribution in [0.5, 0.6) is 0 Å². The SMILES string of the molecule is C=CCn1c(Sc2ccccc2[N+](=O)[O-])nc2sc3c(c2c1=O)CCC3. The Labute approximate surface area is 157 Å². The minimum absolute atomic E-state index is 0.00525. The van der Waals surface area contributed by atoms with E-state index < -0.39 is 4.92 Å². The molecule has 0 saturated heterocycles. The lowest BCUT2D eigenvalue weighted by Gasteiger charge is -2.10. The fourth-order valence-corrected chi connectivity index (χ4v) is 5.52. The Morgan fingerprint density at radius 2 is 2.19 bits per heavy atom. The molecule has 1 aromatic carbocycles. The van der Waals surface area contributed by atoms with Crippen LogP contribution in [-0.4, -0.2) is 14.5 Å². The zero-order valence-corrected chi connectivity index (χ0v) is 15.4. The standard InChI is InChI=1S/C18H15N3O3S2/c1-2-10-20-17(22)15-11-6-5-9-13(11)25-16(15)19-18(20)26-14-8-4-3-7-12(14)21(23)24/h2-4,7-8H,1,5-6,9-10H2. The highest BCUT2D eigenvalue weighted by molar-refractivity contribution is 7.99. The van der Waals surface area contributed by atoms with Gasteiger partial charge in [-0.1, -0.05) is 18.2 Å². The zero-order valence-electron chi connectivity index (χ0n) is 13.8. The molecule has 2 heterocycles. The predicted molar refractivity (Wildman–Crippen MR) is 103 cm³/mol. The molecule has 0 radical (unpaired) electrons. The maximum absolute atomic E-state index is 13.1. The number of benzene rings is 1. The second kappa shape index (κ2) is 6.69. The monoisotopic (exact) mass is 385 g/mol. The number of fused-ring (bicyclic) bond motifs is 3. The minimum Gasteiger partial charge on any atom is -0.283 e. The molecule has 0 fully saturated rings. The summed E-state index contributed by atoms with van der Waals surface area (Å²) in [7, 11) is 0. The third kappa shape index (κ3) is 2.75. The molecule has 8 heteroatoms. The lowest BCUT2D eigenvalue weighted by atomic mass is 10.2. The molecule has 0 atom stereocenters. The molecule has 0 spiro atoms. The van der Waals surface area contributed by atoms with Gasteiger partial charge in [0.15, 0.2) is 5.16 Å². The summed E-state index contributed by atoms with van der Waals surface area (Å²) in [4.78, 5) is 31.1. The van der Waals surface area contributed by atoms with Crippen LogP contribution in [0, 0.1) is 10.1 Å². The van der Waals surface area contributed by atoms with Crippen molar-refractivity contribution >= 4 is 39.0 Å². The van der Waals surface area contributed by atoms with Gasteiger partial charge in [0, 0.05) is 17.5 Å². The van der Waals surface area contributed by atoms with Gasteiger partial charge in [0.05, 0.1) is 15.2 Å². The fourth-order valence-electron chi connectivity index (χ4n) is 3.22. The third-order valence-corrected chi connectivity index (χ3v) is 6.61. The highest BCUT2D eigenvalue weighted by Gasteiger charge is 2.24. The van der Waals surface area contributed by atoms with Crippen LogP contribution < -0.4 is 5.56 Å². The van der Waals surface area contributed by atoms with Gasteiger partial charge in [-0.2, -0.15) is 0 Å². The van der Waals surface area contributed by atoms with Crippen molar-refractivity contribution in [2.75, 3.05) is 0 Å². The topological polar surface area (TPSA) is 78.0 Å². The molecule has 1 aliphatic carbocycles. The number of nitro benzene ring substituents is 1. The van der Waals surface area contributed by atoms with E-state index in [1.807, 2.05) is 0 Å². The number of nitrogens with zero attached hydrogens (tertiary/aromatic N) is 3. The Hall–Kier alpha value is -2.45. The van der Waals surface area contributed by atoms with Gasteiger partial charge in [0.2, 0.25) is 0 Å². The highest BCUT2D eigenvalue weighted by atomic mass is 32.2. The van der Waals surface area contributed by atoms with E-state index in [2.05, 4.69) is 11.6 Å². The summed E-state index contributed by atoms with van der Waals surface area (Å²) in [6.07, 6.45) is 4.62. The largest absolute Gasteiger partial charge is 0.283 e. The third-order valence-electron chi connectivity index (χ3n) is 4.36. The number of allylic oxidation sites excluding steroid dienone is 1. The zero-order chi connectivity index (χ0) is 18.3. The molecule has 6 nitrogen and oxygen atoms in total. The van der Waals surface area contributed by atoms with Crippen LogP contribution in [-0.2, 0) is 19.4 Å². The molecule has 0 aliphatic heterocycles. The molecule has 2 aromatic heterocycles. The van der Waals surface area contributed by atoms with E-state index in [1.54, 1.807) is 40.2 Å². The van der Waals surface area contributed by atoms with Crippen molar-refractivity contribution in [3.63, 3.8) is 0 Å². The maximum Gasteiger partial charge on any atom is 0.283 e. The summed E-state index contributed by atoms with van der Waals surface area (Å²) in [6.45, 7) is 4.04. The summed E-state index contributed by atoms with van der Waals surface area (Å²) >= 11 is 2.71. The van der Waals surface area contributed by atoms with Crippen LogP contribution in [0.15, 0.2) is 51.8 Å². The van der Waals surface area contributed by atoms with Crippen LogP contribution in [0.25, 0.3) is 10.2 Å². The van der Waals surface area contributed by atoms with Gasteiger partial charge in [-0.3, -0.25) is 19.5 Å². The molecule has 4 rings (SSSR count). The van der Waals surface area contributed by atoms with Crippen molar-refractivity contribution in [1.29, 1.82) is 0 Å². The quantitative estimate of drug-likeness (QED) is 0.285. The molecule has 3 aromatic rings. The number of para-hydroxylation sites is 1. The van der Waals surface area contributed by atoms with E-state index in [0.717, 1.165) is 41.4 Å². The minimum atomic E-state index is -0.420. The number of nitro groups is 1. The number of hydrogen-bond donors (Lipinski definition) is 0. The maximum atomic E-state index is 13.1. The van der Waals surface area contributed by atoms with Gasteiger partial charge in [0.25, 0.3) is 11.2 Å². The normalized spacial score (nSPS) is 13.1. The molecule has 0 saturated carbocycles. The number of rotatable bonds is 5. The highest BCUT2D eigenvalue weighted by Crippen LogP contribution is 2.38. The van der Waals surface area contributed by atoms with Crippen molar-refractivity contribution in [3.05, 3.63) is 67.8 Å².